The number of rotatable bonds is 1. The zero-order valence-electron chi connectivity index (χ0n) is 6.50. The van der Waals surface area contributed by atoms with Crippen molar-refractivity contribution in [2.24, 2.45) is 5.92 Å². The third kappa shape index (κ3) is 1.04. The van der Waals surface area contributed by atoms with Crippen LogP contribution in [0.2, 0.25) is 0 Å². The Hall–Kier alpha value is -1.18. The summed E-state index contributed by atoms with van der Waals surface area (Å²) in [4.78, 5) is 0. The van der Waals surface area contributed by atoms with E-state index >= 15 is 0 Å². The molecule has 1 N–H and O–H groups in total. The van der Waals surface area contributed by atoms with Gasteiger partial charge in [-0.05, 0) is 18.4 Å². The fourth-order valence-electron chi connectivity index (χ4n) is 1.44. The highest BCUT2D eigenvalue weighted by Gasteiger charge is 2.19. The highest BCUT2D eigenvalue weighted by molar-refractivity contribution is 5.30. The van der Waals surface area contributed by atoms with Crippen LogP contribution in [0.3, 0.4) is 0 Å². The van der Waals surface area contributed by atoms with Crippen molar-refractivity contribution in [3.63, 3.8) is 0 Å². The second kappa shape index (κ2) is 2.46. The van der Waals surface area contributed by atoms with Gasteiger partial charge in [-0.25, -0.2) is 0 Å². The highest BCUT2D eigenvalue weighted by Crippen LogP contribution is 2.27. The van der Waals surface area contributed by atoms with Gasteiger partial charge in [-0.2, -0.15) is 0 Å². The Morgan fingerprint density at radius 2 is 2.45 bits per heavy atom. The lowest BCUT2D eigenvalue weighted by Gasteiger charge is -2.16. The molecule has 11 heavy (non-hydrogen) atoms. The average molecular weight is 149 g/mol. The van der Waals surface area contributed by atoms with Crippen molar-refractivity contribution in [1.82, 2.24) is 5.32 Å². The van der Waals surface area contributed by atoms with E-state index in [0.717, 1.165) is 12.2 Å². The molecule has 2 rings (SSSR count). The van der Waals surface area contributed by atoms with E-state index < -0.39 is 0 Å². The van der Waals surface area contributed by atoms with Crippen molar-refractivity contribution >= 4 is 0 Å². The summed E-state index contributed by atoms with van der Waals surface area (Å²) in [6, 6.07) is 0. The summed E-state index contributed by atoms with van der Waals surface area (Å²) in [6.07, 6.45) is 9.24. The maximum atomic E-state index is 5.15. The van der Waals surface area contributed by atoms with Gasteiger partial charge in [0, 0.05) is 18.0 Å². The van der Waals surface area contributed by atoms with Crippen LogP contribution >= 0.6 is 0 Å². The van der Waals surface area contributed by atoms with E-state index in [9.17, 15) is 0 Å². The molecule has 1 atom stereocenters. The molecule has 0 saturated carbocycles. The van der Waals surface area contributed by atoms with Gasteiger partial charge in [-0.3, -0.25) is 0 Å². The smallest absolute Gasteiger partial charge is 0.0965 e. The van der Waals surface area contributed by atoms with Crippen LogP contribution in [0.25, 0.3) is 0 Å². The summed E-state index contributed by atoms with van der Waals surface area (Å²) in [7, 11) is 1.72. The minimum absolute atomic E-state index is 0.523. The van der Waals surface area contributed by atoms with E-state index in [1.165, 1.54) is 5.70 Å². The van der Waals surface area contributed by atoms with E-state index in [2.05, 4.69) is 17.5 Å². The highest BCUT2D eigenvalue weighted by atomic mass is 16.5. The largest absolute Gasteiger partial charge is 0.501 e. The Morgan fingerprint density at radius 1 is 1.55 bits per heavy atom. The zero-order valence-corrected chi connectivity index (χ0v) is 6.50. The molecule has 0 aromatic carbocycles. The lowest BCUT2D eigenvalue weighted by molar-refractivity contribution is 0.268. The Bertz CT molecular complexity index is 250. The summed E-state index contributed by atoms with van der Waals surface area (Å²) in [5, 5.41) is 3.18. The number of methoxy groups -OCH3 is 1. The number of allylic oxidation sites excluding steroid dienone is 4. The van der Waals surface area contributed by atoms with Crippen LogP contribution in [0.1, 0.15) is 6.42 Å². The molecule has 0 radical (unpaired) electrons. The predicted molar refractivity (Wildman–Crippen MR) is 43.6 cm³/mol. The van der Waals surface area contributed by atoms with Gasteiger partial charge in [0.15, 0.2) is 0 Å². The van der Waals surface area contributed by atoms with Crippen LogP contribution in [0.5, 0.6) is 0 Å². The molecule has 0 bridgehead atoms. The first kappa shape index (κ1) is 6.53. The molecule has 0 saturated heterocycles. The lowest BCUT2D eigenvalue weighted by atomic mass is 9.98. The van der Waals surface area contributed by atoms with Crippen LogP contribution in [-0.4, -0.2) is 7.11 Å². The molecule has 0 fully saturated rings. The summed E-state index contributed by atoms with van der Waals surface area (Å²) < 4.78 is 5.15. The molecule has 1 heterocycles. The van der Waals surface area contributed by atoms with Crippen molar-refractivity contribution in [2.45, 2.75) is 6.42 Å². The fourth-order valence-corrected chi connectivity index (χ4v) is 1.44. The summed E-state index contributed by atoms with van der Waals surface area (Å²) in [5.74, 6) is 1.59. The van der Waals surface area contributed by atoms with Crippen LogP contribution < -0.4 is 5.32 Å². The average Bonchev–Trinajstić information content (AvgIpc) is 2.50. The summed E-state index contributed by atoms with van der Waals surface area (Å²) in [5.41, 5.74) is 1.28. The van der Waals surface area contributed by atoms with Gasteiger partial charge in [-0.1, -0.05) is 6.08 Å². The second-order valence-corrected chi connectivity index (χ2v) is 2.77. The minimum Gasteiger partial charge on any atom is -0.501 e. The monoisotopic (exact) mass is 149 g/mol. The van der Waals surface area contributed by atoms with E-state index in [0.29, 0.717) is 5.92 Å². The molecule has 58 valence electrons. The number of fused-ring (bicyclic) bond motifs is 1. The van der Waals surface area contributed by atoms with Gasteiger partial charge in [0.25, 0.3) is 0 Å². The Kier molecular flexibility index (Phi) is 1.46. The fraction of sp³-hybridized carbons (Fsp3) is 0.333. The van der Waals surface area contributed by atoms with Gasteiger partial charge < -0.3 is 10.1 Å². The van der Waals surface area contributed by atoms with Crippen molar-refractivity contribution < 1.29 is 4.74 Å². The van der Waals surface area contributed by atoms with E-state index in [4.69, 9.17) is 4.74 Å². The zero-order chi connectivity index (χ0) is 7.68. The third-order valence-corrected chi connectivity index (χ3v) is 2.11. The van der Waals surface area contributed by atoms with Gasteiger partial charge in [0.05, 0.1) is 12.9 Å². The van der Waals surface area contributed by atoms with E-state index in [1.54, 1.807) is 7.11 Å². The standard InChI is InChI=1S/C9H11NO/c1-11-8-2-3-9-7(6-8)4-5-10-9/h2-5,7,10H,6H2,1H3. The van der Waals surface area contributed by atoms with Crippen molar-refractivity contribution in [1.29, 1.82) is 0 Å². The molecular formula is C9H11NO. The topological polar surface area (TPSA) is 21.3 Å². The van der Waals surface area contributed by atoms with Crippen LogP contribution in [0.4, 0.5) is 0 Å². The van der Waals surface area contributed by atoms with Gasteiger partial charge >= 0.3 is 0 Å². The van der Waals surface area contributed by atoms with Crippen molar-refractivity contribution in [3.8, 4) is 0 Å². The maximum absolute atomic E-state index is 5.15. The number of ether oxygens (including phenoxy) is 1. The minimum atomic E-state index is 0.523. The number of hydrogen-bond donors (Lipinski definition) is 1. The number of nitrogens with one attached hydrogen (secondary N) is 1. The molecule has 2 nitrogen and oxygen atoms in total. The molecule has 0 aromatic heterocycles. The molecule has 1 aliphatic heterocycles. The molecule has 0 aromatic rings. The van der Waals surface area contributed by atoms with Gasteiger partial charge in [0.2, 0.25) is 0 Å². The molecule has 1 unspecified atom stereocenters. The first-order valence-corrected chi connectivity index (χ1v) is 3.78. The van der Waals surface area contributed by atoms with E-state index in [1.807, 2.05) is 12.3 Å². The third-order valence-electron chi connectivity index (χ3n) is 2.11. The maximum Gasteiger partial charge on any atom is 0.0965 e. The summed E-state index contributed by atoms with van der Waals surface area (Å²) in [6.45, 7) is 0. The normalized spacial score (nSPS) is 26.8. The SMILES string of the molecule is COC1=CC=C2NC=CC2C1. The van der Waals surface area contributed by atoms with Gasteiger partial charge in [-0.15, -0.1) is 0 Å². The Morgan fingerprint density at radius 3 is 3.27 bits per heavy atom. The van der Waals surface area contributed by atoms with Crippen molar-refractivity contribution in [3.05, 3.63) is 35.9 Å². The first-order valence-electron chi connectivity index (χ1n) is 3.78. The van der Waals surface area contributed by atoms with Crippen molar-refractivity contribution in [2.75, 3.05) is 7.11 Å². The van der Waals surface area contributed by atoms with Crippen LogP contribution in [0, 0.1) is 5.92 Å². The first-order chi connectivity index (χ1) is 5.40. The predicted octanol–water partition coefficient (Wildman–Crippen LogP) is 1.54. The summed E-state index contributed by atoms with van der Waals surface area (Å²) >= 11 is 0. The molecule has 1 aliphatic carbocycles. The molecule has 0 amide bonds. The number of hydrogen-bond acceptors (Lipinski definition) is 2. The van der Waals surface area contributed by atoms with Crippen LogP contribution in [0.15, 0.2) is 35.9 Å². The lowest BCUT2D eigenvalue weighted by Crippen LogP contribution is -2.10. The van der Waals surface area contributed by atoms with Gasteiger partial charge in [0.1, 0.15) is 0 Å². The Labute approximate surface area is 66.2 Å². The van der Waals surface area contributed by atoms with Crippen LogP contribution in [-0.2, 0) is 4.74 Å². The molecular weight excluding hydrogens is 138 g/mol. The van der Waals surface area contributed by atoms with E-state index in [-0.39, 0.29) is 0 Å². The molecule has 2 heteroatoms. The molecule has 0 spiro atoms. The second-order valence-electron chi connectivity index (χ2n) is 2.77. The Balaban J connectivity index is 2.20. The quantitative estimate of drug-likeness (QED) is 0.610. The molecule has 2 aliphatic rings.